The van der Waals surface area contributed by atoms with Gasteiger partial charge in [-0.25, -0.2) is 0 Å². The van der Waals surface area contributed by atoms with Crippen LogP contribution in [-0.2, 0) is 9.47 Å². The highest BCUT2D eigenvalue weighted by Crippen LogP contribution is 2.15. The Morgan fingerprint density at radius 2 is 1.94 bits per heavy atom. The van der Waals surface area contributed by atoms with E-state index >= 15 is 0 Å². The first-order valence-corrected chi connectivity index (χ1v) is 6.84. The van der Waals surface area contributed by atoms with Crippen molar-refractivity contribution in [2.45, 2.75) is 52.0 Å². The summed E-state index contributed by atoms with van der Waals surface area (Å²) >= 11 is 0. The highest BCUT2D eigenvalue weighted by Gasteiger charge is 2.23. The standard InChI is InChI=1S/C13H28N2O2/c1-5-16-13(17-6-2)10-14-12-7-8-15(4)11(3)9-12/h11-14H,5-10H2,1-4H3. The molecule has 0 aromatic carbocycles. The predicted octanol–water partition coefficient (Wildman–Crippen LogP) is 1.46. The van der Waals surface area contributed by atoms with E-state index in [2.05, 4.69) is 24.2 Å². The van der Waals surface area contributed by atoms with Crippen LogP contribution in [0.3, 0.4) is 0 Å². The van der Waals surface area contributed by atoms with Crippen molar-refractivity contribution in [3.05, 3.63) is 0 Å². The van der Waals surface area contributed by atoms with Crippen LogP contribution in [-0.4, -0.2) is 56.6 Å². The Labute approximate surface area is 106 Å². The van der Waals surface area contributed by atoms with Crippen LogP contribution in [0, 0.1) is 0 Å². The van der Waals surface area contributed by atoms with Gasteiger partial charge >= 0.3 is 0 Å². The first kappa shape index (κ1) is 14.9. The van der Waals surface area contributed by atoms with E-state index in [0.29, 0.717) is 25.3 Å². The molecule has 2 atom stereocenters. The molecule has 2 unspecified atom stereocenters. The molecule has 4 heteroatoms. The van der Waals surface area contributed by atoms with E-state index in [4.69, 9.17) is 9.47 Å². The van der Waals surface area contributed by atoms with Crippen molar-refractivity contribution in [2.24, 2.45) is 0 Å². The quantitative estimate of drug-likeness (QED) is 0.687. The summed E-state index contributed by atoms with van der Waals surface area (Å²) in [5.41, 5.74) is 0. The minimum absolute atomic E-state index is 0.0973. The van der Waals surface area contributed by atoms with Crippen LogP contribution in [0.15, 0.2) is 0 Å². The molecule has 1 fully saturated rings. The fourth-order valence-corrected chi connectivity index (χ4v) is 2.28. The van der Waals surface area contributed by atoms with Crippen molar-refractivity contribution < 1.29 is 9.47 Å². The Morgan fingerprint density at radius 3 is 2.47 bits per heavy atom. The van der Waals surface area contributed by atoms with E-state index in [0.717, 1.165) is 6.54 Å². The number of rotatable bonds is 7. The van der Waals surface area contributed by atoms with Crippen LogP contribution in [0.25, 0.3) is 0 Å². The molecule has 0 amide bonds. The van der Waals surface area contributed by atoms with E-state index in [9.17, 15) is 0 Å². The number of nitrogens with one attached hydrogen (secondary N) is 1. The van der Waals surface area contributed by atoms with Crippen LogP contribution in [0.5, 0.6) is 0 Å². The van der Waals surface area contributed by atoms with E-state index in [1.807, 2.05) is 13.8 Å². The van der Waals surface area contributed by atoms with Crippen LogP contribution in [0.1, 0.15) is 33.6 Å². The number of nitrogens with zero attached hydrogens (tertiary/aromatic N) is 1. The lowest BCUT2D eigenvalue weighted by Gasteiger charge is -2.36. The van der Waals surface area contributed by atoms with Gasteiger partial charge in [0.25, 0.3) is 0 Å². The summed E-state index contributed by atoms with van der Waals surface area (Å²) in [4.78, 5) is 2.42. The van der Waals surface area contributed by atoms with Gasteiger partial charge in [0, 0.05) is 31.8 Å². The number of likely N-dealkylation sites (tertiary alicyclic amines) is 1. The fourth-order valence-electron chi connectivity index (χ4n) is 2.28. The number of piperidine rings is 1. The van der Waals surface area contributed by atoms with Gasteiger partial charge < -0.3 is 19.7 Å². The summed E-state index contributed by atoms with van der Waals surface area (Å²) in [6.45, 7) is 9.67. The van der Waals surface area contributed by atoms with Crippen molar-refractivity contribution in [1.82, 2.24) is 10.2 Å². The molecule has 4 nitrogen and oxygen atoms in total. The molecule has 1 N–H and O–H groups in total. The maximum Gasteiger partial charge on any atom is 0.169 e. The number of ether oxygens (including phenoxy) is 2. The van der Waals surface area contributed by atoms with Gasteiger partial charge in [-0.3, -0.25) is 0 Å². The Bertz CT molecular complexity index is 196. The molecule has 0 radical (unpaired) electrons. The molecule has 17 heavy (non-hydrogen) atoms. The van der Waals surface area contributed by atoms with Gasteiger partial charge in [0.1, 0.15) is 0 Å². The fraction of sp³-hybridized carbons (Fsp3) is 1.00. The summed E-state index contributed by atoms with van der Waals surface area (Å²) in [6, 6.07) is 1.27. The van der Waals surface area contributed by atoms with Gasteiger partial charge in [0.05, 0.1) is 0 Å². The average Bonchev–Trinajstić information content (AvgIpc) is 2.31. The summed E-state index contributed by atoms with van der Waals surface area (Å²) < 4.78 is 11.1. The van der Waals surface area contributed by atoms with Crippen LogP contribution in [0.4, 0.5) is 0 Å². The molecular formula is C13H28N2O2. The number of hydrogen-bond donors (Lipinski definition) is 1. The Hall–Kier alpha value is -0.160. The summed E-state index contributed by atoms with van der Waals surface area (Å²) in [5, 5.41) is 3.57. The van der Waals surface area contributed by atoms with Gasteiger partial charge in [-0.2, -0.15) is 0 Å². The first-order valence-electron chi connectivity index (χ1n) is 6.84. The lowest BCUT2D eigenvalue weighted by Crippen LogP contribution is -2.47. The third-order valence-electron chi connectivity index (χ3n) is 3.49. The van der Waals surface area contributed by atoms with Gasteiger partial charge in [-0.05, 0) is 47.2 Å². The zero-order chi connectivity index (χ0) is 12.7. The monoisotopic (exact) mass is 244 g/mol. The second-order valence-electron chi connectivity index (χ2n) is 4.80. The molecule has 0 aliphatic carbocycles. The van der Waals surface area contributed by atoms with Crippen molar-refractivity contribution in [3.63, 3.8) is 0 Å². The molecule has 102 valence electrons. The Morgan fingerprint density at radius 1 is 1.29 bits per heavy atom. The molecule has 0 spiro atoms. The van der Waals surface area contributed by atoms with Crippen molar-refractivity contribution >= 4 is 0 Å². The molecule has 1 saturated heterocycles. The normalized spacial score (nSPS) is 26.6. The molecule has 1 heterocycles. The minimum atomic E-state index is -0.0973. The predicted molar refractivity (Wildman–Crippen MR) is 70.2 cm³/mol. The highest BCUT2D eigenvalue weighted by atomic mass is 16.7. The van der Waals surface area contributed by atoms with E-state index in [-0.39, 0.29) is 6.29 Å². The van der Waals surface area contributed by atoms with Crippen LogP contribution >= 0.6 is 0 Å². The number of hydrogen-bond acceptors (Lipinski definition) is 4. The molecule has 1 aliphatic heterocycles. The molecule has 0 aromatic heterocycles. The van der Waals surface area contributed by atoms with E-state index in [1.54, 1.807) is 0 Å². The first-order chi connectivity index (χ1) is 8.17. The summed E-state index contributed by atoms with van der Waals surface area (Å²) in [5.74, 6) is 0. The second kappa shape index (κ2) is 8.03. The third-order valence-corrected chi connectivity index (χ3v) is 3.49. The molecule has 1 rings (SSSR count). The topological polar surface area (TPSA) is 33.7 Å². The molecule has 0 saturated carbocycles. The maximum atomic E-state index is 5.53. The molecular weight excluding hydrogens is 216 g/mol. The Balaban J connectivity index is 2.24. The zero-order valence-corrected chi connectivity index (χ0v) is 11.7. The average molecular weight is 244 g/mol. The van der Waals surface area contributed by atoms with Crippen LogP contribution in [0.2, 0.25) is 0 Å². The van der Waals surface area contributed by atoms with Crippen molar-refractivity contribution in [2.75, 3.05) is 33.4 Å². The van der Waals surface area contributed by atoms with Crippen molar-refractivity contribution in [1.29, 1.82) is 0 Å². The Kier molecular flexibility index (Phi) is 7.04. The summed E-state index contributed by atoms with van der Waals surface area (Å²) in [7, 11) is 2.20. The second-order valence-corrected chi connectivity index (χ2v) is 4.80. The maximum absolute atomic E-state index is 5.53. The van der Waals surface area contributed by atoms with Gasteiger partial charge in [0.15, 0.2) is 6.29 Å². The smallest absolute Gasteiger partial charge is 0.169 e. The van der Waals surface area contributed by atoms with Crippen LogP contribution < -0.4 is 5.32 Å². The molecule has 0 bridgehead atoms. The minimum Gasteiger partial charge on any atom is -0.352 e. The molecule has 0 aromatic rings. The van der Waals surface area contributed by atoms with Gasteiger partial charge in [-0.1, -0.05) is 0 Å². The lowest BCUT2D eigenvalue weighted by molar-refractivity contribution is -0.134. The highest BCUT2D eigenvalue weighted by molar-refractivity contribution is 4.81. The largest absolute Gasteiger partial charge is 0.352 e. The van der Waals surface area contributed by atoms with E-state index in [1.165, 1.54) is 19.4 Å². The van der Waals surface area contributed by atoms with Crippen molar-refractivity contribution in [3.8, 4) is 0 Å². The lowest BCUT2D eigenvalue weighted by atomic mass is 9.99. The molecule has 1 aliphatic rings. The zero-order valence-electron chi connectivity index (χ0n) is 11.7. The van der Waals surface area contributed by atoms with Gasteiger partial charge in [-0.15, -0.1) is 0 Å². The SMILES string of the molecule is CCOC(CNC1CCN(C)C(C)C1)OCC. The van der Waals surface area contributed by atoms with E-state index < -0.39 is 0 Å². The summed E-state index contributed by atoms with van der Waals surface area (Å²) in [6.07, 6.45) is 2.33. The third kappa shape index (κ3) is 5.34. The van der Waals surface area contributed by atoms with Gasteiger partial charge in [0.2, 0.25) is 0 Å².